The molecule has 0 amide bonds. The summed E-state index contributed by atoms with van der Waals surface area (Å²) in [5.74, 6) is 0. The zero-order valence-electron chi connectivity index (χ0n) is 6.60. The molecular formula is C8H3F3INO. The van der Waals surface area contributed by atoms with E-state index in [0.717, 1.165) is 12.1 Å². The van der Waals surface area contributed by atoms with E-state index in [1.165, 1.54) is 12.1 Å². The molecule has 0 N–H and O–H groups in total. The Kier molecular flexibility index (Phi) is 3.28. The molecule has 14 heavy (non-hydrogen) atoms. The Hall–Kier alpha value is -0.880. The average Bonchev–Trinajstić information content (AvgIpc) is 2.02. The molecule has 0 saturated carbocycles. The van der Waals surface area contributed by atoms with Crippen molar-refractivity contribution in [3.8, 4) is 0 Å². The van der Waals surface area contributed by atoms with Crippen LogP contribution in [0.2, 0.25) is 0 Å². The van der Waals surface area contributed by atoms with Crippen LogP contribution in [0, 0.1) is 3.57 Å². The third-order valence-electron chi connectivity index (χ3n) is 1.43. The lowest BCUT2D eigenvalue weighted by molar-refractivity contribution is -0.138. The molecule has 0 saturated heterocycles. The number of halogens is 4. The Morgan fingerprint density at radius 1 is 1.36 bits per heavy atom. The first-order valence-electron chi connectivity index (χ1n) is 3.40. The van der Waals surface area contributed by atoms with Crippen molar-refractivity contribution in [2.75, 3.05) is 0 Å². The van der Waals surface area contributed by atoms with Gasteiger partial charge in [-0.2, -0.15) is 18.2 Å². The Morgan fingerprint density at radius 3 is 2.43 bits per heavy atom. The van der Waals surface area contributed by atoms with E-state index in [1.807, 2.05) is 0 Å². The molecule has 0 aliphatic heterocycles. The molecule has 0 unspecified atom stereocenters. The minimum Gasteiger partial charge on any atom is -0.211 e. The van der Waals surface area contributed by atoms with Gasteiger partial charge < -0.3 is 0 Å². The summed E-state index contributed by atoms with van der Waals surface area (Å²) in [4.78, 5) is 13.1. The molecule has 0 radical (unpaired) electrons. The maximum Gasteiger partial charge on any atom is 0.417 e. The molecule has 0 heterocycles. The second-order valence-electron chi connectivity index (χ2n) is 2.36. The molecule has 1 rings (SSSR count). The number of hydrogen-bond donors (Lipinski definition) is 0. The topological polar surface area (TPSA) is 29.4 Å². The fourth-order valence-corrected chi connectivity index (χ4v) is 1.66. The summed E-state index contributed by atoms with van der Waals surface area (Å²) in [6.07, 6.45) is -3.12. The molecule has 2 nitrogen and oxygen atoms in total. The summed E-state index contributed by atoms with van der Waals surface area (Å²) in [6.45, 7) is 0. The Bertz CT molecular complexity index is 396. The smallest absolute Gasteiger partial charge is 0.211 e. The fourth-order valence-electron chi connectivity index (χ4n) is 0.856. The van der Waals surface area contributed by atoms with Crippen molar-refractivity contribution in [2.45, 2.75) is 6.18 Å². The van der Waals surface area contributed by atoms with Crippen molar-refractivity contribution in [2.24, 2.45) is 4.99 Å². The molecule has 0 atom stereocenters. The Balaban J connectivity index is 3.20. The van der Waals surface area contributed by atoms with E-state index < -0.39 is 11.7 Å². The second kappa shape index (κ2) is 4.10. The first-order chi connectivity index (χ1) is 6.45. The fraction of sp³-hybridized carbons (Fsp3) is 0.125. The molecule has 0 spiro atoms. The van der Waals surface area contributed by atoms with Gasteiger partial charge in [0.15, 0.2) is 0 Å². The van der Waals surface area contributed by atoms with Crippen molar-refractivity contribution in [1.82, 2.24) is 0 Å². The lowest BCUT2D eigenvalue weighted by Gasteiger charge is -2.08. The molecule has 0 aromatic heterocycles. The van der Waals surface area contributed by atoms with Crippen LogP contribution in [-0.2, 0) is 11.0 Å². The first-order valence-corrected chi connectivity index (χ1v) is 4.47. The largest absolute Gasteiger partial charge is 0.417 e. The minimum atomic E-state index is -4.38. The van der Waals surface area contributed by atoms with Crippen LogP contribution in [0.5, 0.6) is 0 Å². The highest BCUT2D eigenvalue weighted by Gasteiger charge is 2.32. The van der Waals surface area contributed by atoms with Crippen molar-refractivity contribution < 1.29 is 18.0 Å². The van der Waals surface area contributed by atoms with Gasteiger partial charge in [-0.25, -0.2) is 4.79 Å². The highest BCUT2D eigenvalue weighted by atomic mass is 127. The van der Waals surface area contributed by atoms with E-state index in [1.54, 1.807) is 22.6 Å². The van der Waals surface area contributed by atoms with Crippen LogP contribution < -0.4 is 0 Å². The van der Waals surface area contributed by atoms with Gasteiger partial charge >= 0.3 is 6.18 Å². The number of aliphatic imine (C=N–C) groups is 1. The molecule has 0 aliphatic rings. The zero-order chi connectivity index (χ0) is 10.8. The predicted octanol–water partition coefficient (Wildman–Crippen LogP) is 3.28. The van der Waals surface area contributed by atoms with Crippen LogP contribution in [0.4, 0.5) is 18.9 Å². The number of rotatable bonds is 1. The minimum absolute atomic E-state index is 0.00611. The second-order valence-corrected chi connectivity index (χ2v) is 3.53. The van der Waals surface area contributed by atoms with Crippen molar-refractivity contribution in [3.05, 3.63) is 27.3 Å². The van der Waals surface area contributed by atoms with Gasteiger partial charge in [-0.15, -0.1) is 0 Å². The lowest BCUT2D eigenvalue weighted by atomic mass is 10.2. The number of benzene rings is 1. The van der Waals surface area contributed by atoms with Gasteiger partial charge in [0, 0.05) is 3.57 Å². The normalized spacial score (nSPS) is 10.9. The van der Waals surface area contributed by atoms with Gasteiger partial charge in [-0.05, 0) is 40.8 Å². The third-order valence-corrected chi connectivity index (χ3v) is 2.33. The maximum absolute atomic E-state index is 12.3. The molecule has 1 aromatic rings. The number of alkyl halides is 3. The standard InChI is InChI=1S/C8H3F3INO/c9-8(10,11)6-2-1-5(13-4-14)3-7(6)12/h1-3H. The summed E-state index contributed by atoms with van der Waals surface area (Å²) in [5, 5.41) is 0. The molecule has 74 valence electrons. The Labute approximate surface area is 91.0 Å². The SMILES string of the molecule is O=C=Nc1ccc(C(F)(F)F)c(I)c1. The van der Waals surface area contributed by atoms with E-state index in [0.29, 0.717) is 0 Å². The molecule has 6 heteroatoms. The van der Waals surface area contributed by atoms with E-state index in [2.05, 4.69) is 4.99 Å². The monoisotopic (exact) mass is 313 g/mol. The lowest BCUT2D eigenvalue weighted by Crippen LogP contribution is -2.06. The van der Waals surface area contributed by atoms with Crippen molar-refractivity contribution in [3.63, 3.8) is 0 Å². The van der Waals surface area contributed by atoms with Gasteiger partial charge in [0.05, 0.1) is 11.3 Å². The highest BCUT2D eigenvalue weighted by molar-refractivity contribution is 14.1. The summed E-state index contributed by atoms with van der Waals surface area (Å²) in [6, 6.07) is 3.18. The first kappa shape index (κ1) is 11.2. The van der Waals surface area contributed by atoms with Gasteiger partial charge in [0.1, 0.15) is 0 Å². The zero-order valence-corrected chi connectivity index (χ0v) is 8.76. The van der Waals surface area contributed by atoms with Gasteiger partial charge in [0.25, 0.3) is 0 Å². The number of carbonyl (C=O) groups excluding carboxylic acids is 1. The summed E-state index contributed by atoms with van der Waals surface area (Å²) >= 11 is 1.54. The van der Waals surface area contributed by atoms with Crippen LogP contribution in [0.1, 0.15) is 5.56 Å². The molecular weight excluding hydrogens is 310 g/mol. The van der Waals surface area contributed by atoms with Crippen molar-refractivity contribution in [1.29, 1.82) is 0 Å². The summed E-state index contributed by atoms with van der Waals surface area (Å²) < 4.78 is 36.8. The average molecular weight is 313 g/mol. The third kappa shape index (κ3) is 2.55. The number of hydrogen-bond acceptors (Lipinski definition) is 2. The van der Waals surface area contributed by atoms with Gasteiger partial charge in [-0.1, -0.05) is 0 Å². The van der Waals surface area contributed by atoms with Crippen LogP contribution in [0.3, 0.4) is 0 Å². The van der Waals surface area contributed by atoms with Crippen molar-refractivity contribution >= 4 is 34.4 Å². The van der Waals surface area contributed by atoms with Gasteiger partial charge in [0.2, 0.25) is 6.08 Å². The summed E-state index contributed by atoms with van der Waals surface area (Å²) in [5.41, 5.74) is -0.569. The number of isocyanates is 1. The van der Waals surface area contributed by atoms with Crippen LogP contribution in [0.15, 0.2) is 23.2 Å². The quantitative estimate of drug-likeness (QED) is 0.444. The predicted molar refractivity (Wildman–Crippen MR) is 51.9 cm³/mol. The van der Waals surface area contributed by atoms with E-state index in [9.17, 15) is 18.0 Å². The maximum atomic E-state index is 12.3. The molecule has 0 aliphatic carbocycles. The van der Waals surface area contributed by atoms with Crippen LogP contribution >= 0.6 is 22.6 Å². The van der Waals surface area contributed by atoms with Gasteiger partial charge in [-0.3, -0.25) is 0 Å². The number of nitrogens with zero attached hydrogens (tertiary/aromatic N) is 1. The van der Waals surface area contributed by atoms with E-state index in [-0.39, 0.29) is 9.26 Å². The molecule has 0 fully saturated rings. The van der Waals surface area contributed by atoms with E-state index in [4.69, 9.17) is 0 Å². The van der Waals surface area contributed by atoms with Crippen LogP contribution in [0.25, 0.3) is 0 Å². The highest BCUT2D eigenvalue weighted by Crippen LogP contribution is 2.34. The summed E-state index contributed by atoms with van der Waals surface area (Å²) in [7, 11) is 0. The molecule has 0 bridgehead atoms. The van der Waals surface area contributed by atoms with Crippen LogP contribution in [-0.4, -0.2) is 6.08 Å². The molecule has 1 aromatic carbocycles. The van der Waals surface area contributed by atoms with E-state index >= 15 is 0 Å². The Morgan fingerprint density at radius 2 is 2.00 bits per heavy atom.